The number of phenolic OH excluding ortho intramolecular Hbond substituents is 1. The number of nitrogens with zero attached hydrogens (tertiary/aromatic N) is 4. The first-order valence-corrected chi connectivity index (χ1v) is 7.66. The molecule has 0 aromatic heterocycles. The molecule has 3 rings (SSSR count). The van der Waals surface area contributed by atoms with Gasteiger partial charge in [0.15, 0.2) is 6.17 Å². The summed E-state index contributed by atoms with van der Waals surface area (Å²) in [5.74, 6) is -0.0866. The predicted octanol–water partition coefficient (Wildman–Crippen LogP) is 3.85. The topological polar surface area (TPSA) is 120 Å². The molecular weight excluding hydrogens is 322 g/mol. The fraction of sp³-hybridized carbons (Fsp3) is 0.176. The van der Waals surface area contributed by atoms with Gasteiger partial charge in [-0.15, -0.1) is 5.48 Å². The van der Waals surface area contributed by atoms with Crippen molar-refractivity contribution >= 4 is 11.8 Å². The number of hydrogen-bond donors (Lipinski definition) is 2. The minimum absolute atomic E-state index is 0.178. The van der Waals surface area contributed by atoms with Crippen molar-refractivity contribution in [2.24, 2.45) is 10.1 Å². The van der Waals surface area contributed by atoms with Gasteiger partial charge in [0.25, 0.3) is 0 Å². The Morgan fingerprint density at radius 2 is 1.84 bits per heavy atom. The summed E-state index contributed by atoms with van der Waals surface area (Å²) >= 11 is 0. The SMILES string of the molecule is CC.[N-]=[N+]=NC(=O)c1ccc(C2=NC(c3ccc(O)cc3)NO2)cc1. The highest BCUT2D eigenvalue weighted by Crippen LogP contribution is 2.23. The molecule has 8 heteroatoms. The molecule has 0 saturated carbocycles. The lowest BCUT2D eigenvalue weighted by Gasteiger charge is -2.05. The third-order valence-electron chi connectivity index (χ3n) is 3.24. The fourth-order valence-electron chi connectivity index (χ4n) is 2.07. The van der Waals surface area contributed by atoms with Crippen molar-refractivity contribution in [3.63, 3.8) is 0 Å². The van der Waals surface area contributed by atoms with Crippen LogP contribution in [-0.2, 0) is 4.84 Å². The molecule has 2 N–H and O–H groups in total. The molecule has 0 radical (unpaired) electrons. The molecule has 0 spiro atoms. The molecule has 25 heavy (non-hydrogen) atoms. The predicted molar refractivity (Wildman–Crippen MR) is 92.9 cm³/mol. The fourth-order valence-corrected chi connectivity index (χ4v) is 2.07. The number of carbonyl (C=O) groups excluding carboxylic acids is 1. The molecular formula is C17H17N5O3. The van der Waals surface area contributed by atoms with E-state index in [-0.39, 0.29) is 17.5 Å². The molecule has 1 heterocycles. The number of hydrogen-bond acceptors (Lipinski definition) is 5. The molecule has 1 amide bonds. The van der Waals surface area contributed by atoms with Crippen LogP contribution in [0, 0.1) is 0 Å². The summed E-state index contributed by atoms with van der Waals surface area (Å²) in [6.07, 6.45) is -0.380. The molecule has 128 valence electrons. The van der Waals surface area contributed by atoms with E-state index in [1.807, 2.05) is 13.8 Å². The van der Waals surface area contributed by atoms with Gasteiger partial charge < -0.3 is 9.94 Å². The average molecular weight is 339 g/mol. The van der Waals surface area contributed by atoms with Crippen molar-refractivity contribution in [1.82, 2.24) is 5.48 Å². The molecule has 1 aliphatic rings. The molecule has 2 aromatic rings. The standard InChI is InChI=1S/C15H11N5O3.C2H6/c16-20-18-14(22)10-1-3-11(4-2-10)15-17-13(19-23-15)9-5-7-12(21)8-6-9;1-2/h1-8,13,19,21H;1-2H3. The number of aliphatic imine (C=N–C) groups is 1. The van der Waals surface area contributed by atoms with Gasteiger partial charge in [-0.2, -0.15) is 0 Å². The van der Waals surface area contributed by atoms with Gasteiger partial charge in [0, 0.05) is 16.0 Å². The summed E-state index contributed by atoms with van der Waals surface area (Å²) in [6, 6.07) is 13.0. The van der Waals surface area contributed by atoms with Crippen LogP contribution in [-0.4, -0.2) is 16.9 Å². The minimum atomic E-state index is -0.645. The molecule has 0 aliphatic carbocycles. The lowest BCUT2D eigenvalue weighted by Crippen LogP contribution is -2.14. The molecule has 1 aliphatic heterocycles. The van der Waals surface area contributed by atoms with Crippen LogP contribution >= 0.6 is 0 Å². The first-order chi connectivity index (χ1) is 12.2. The number of hydroxylamine groups is 1. The zero-order valence-electron chi connectivity index (χ0n) is 13.7. The molecule has 0 saturated heterocycles. The monoisotopic (exact) mass is 339 g/mol. The summed E-state index contributed by atoms with van der Waals surface area (Å²) in [5, 5.41) is 12.3. The summed E-state index contributed by atoms with van der Waals surface area (Å²) < 4.78 is 0. The van der Waals surface area contributed by atoms with Gasteiger partial charge in [0.2, 0.25) is 11.8 Å². The van der Waals surface area contributed by atoms with Crippen molar-refractivity contribution in [3.8, 4) is 5.75 Å². The Morgan fingerprint density at radius 1 is 1.20 bits per heavy atom. The van der Waals surface area contributed by atoms with Crippen molar-refractivity contribution in [2.75, 3.05) is 0 Å². The number of rotatable bonds is 3. The number of aromatic hydroxyl groups is 1. The summed E-state index contributed by atoms with van der Waals surface area (Å²) in [6.45, 7) is 4.00. The highest BCUT2D eigenvalue weighted by Gasteiger charge is 2.21. The maximum atomic E-state index is 11.4. The van der Waals surface area contributed by atoms with E-state index >= 15 is 0 Å². The number of amides is 1. The van der Waals surface area contributed by atoms with Crippen LogP contribution in [0.2, 0.25) is 0 Å². The van der Waals surface area contributed by atoms with Crippen LogP contribution in [0.5, 0.6) is 5.75 Å². The third-order valence-corrected chi connectivity index (χ3v) is 3.24. The Bertz CT molecular complexity index is 809. The number of nitrogens with one attached hydrogen (secondary N) is 1. The number of phenols is 1. The van der Waals surface area contributed by atoms with Crippen LogP contribution in [0.15, 0.2) is 58.6 Å². The highest BCUT2D eigenvalue weighted by molar-refractivity contribution is 5.98. The van der Waals surface area contributed by atoms with E-state index < -0.39 is 5.91 Å². The first-order valence-electron chi connectivity index (χ1n) is 7.66. The average Bonchev–Trinajstić information content (AvgIpc) is 3.14. The Hall–Kier alpha value is -3.35. The lowest BCUT2D eigenvalue weighted by atomic mass is 10.1. The van der Waals surface area contributed by atoms with E-state index in [9.17, 15) is 9.90 Å². The number of carbonyl (C=O) groups is 1. The van der Waals surface area contributed by atoms with Crippen LogP contribution in [0.4, 0.5) is 0 Å². The van der Waals surface area contributed by atoms with Crippen molar-refractivity contribution in [3.05, 3.63) is 75.7 Å². The van der Waals surface area contributed by atoms with E-state index in [2.05, 4.69) is 20.5 Å². The Balaban J connectivity index is 0.00000109. The van der Waals surface area contributed by atoms with Gasteiger partial charge in [-0.1, -0.05) is 38.1 Å². The Morgan fingerprint density at radius 3 is 2.44 bits per heavy atom. The van der Waals surface area contributed by atoms with Crippen LogP contribution in [0.25, 0.3) is 10.4 Å². The van der Waals surface area contributed by atoms with E-state index in [4.69, 9.17) is 10.4 Å². The van der Waals surface area contributed by atoms with E-state index in [1.165, 1.54) is 12.1 Å². The maximum absolute atomic E-state index is 11.4. The van der Waals surface area contributed by atoms with Crippen LogP contribution in [0.1, 0.15) is 41.5 Å². The van der Waals surface area contributed by atoms with Crippen LogP contribution < -0.4 is 5.48 Å². The zero-order chi connectivity index (χ0) is 18.2. The number of azide groups is 1. The van der Waals surface area contributed by atoms with Crippen molar-refractivity contribution in [1.29, 1.82) is 0 Å². The van der Waals surface area contributed by atoms with Gasteiger partial charge in [0.1, 0.15) is 5.75 Å². The Labute approximate surface area is 144 Å². The van der Waals surface area contributed by atoms with Gasteiger partial charge in [0.05, 0.1) is 0 Å². The molecule has 1 unspecified atom stereocenters. The first kappa shape index (κ1) is 18.0. The number of benzene rings is 2. The highest BCUT2D eigenvalue weighted by atomic mass is 16.7. The maximum Gasteiger partial charge on any atom is 0.249 e. The third kappa shape index (κ3) is 4.35. The van der Waals surface area contributed by atoms with E-state index in [0.29, 0.717) is 11.5 Å². The van der Waals surface area contributed by atoms with Crippen LogP contribution in [0.3, 0.4) is 0 Å². The molecule has 2 aromatic carbocycles. The largest absolute Gasteiger partial charge is 0.508 e. The smallest absolute Gasteiger partial charge is 0.249 e. The second-order valence-electron chi connectivity index (χ2n) is 4.72. The van der Waals surface area contributed by atoms with Gasteiger partial charge in [-0.3, -0.25) is 4.79 Å². The normalized spacial score (nSPS) is 15.1. The van der Waals surface area contributed by atoms with Crippen molar-refractivity contribution in [2.45, 2.75) is 20.0 Å². The summed E-state index contributed by atoms with van der Waals surface area (Å²) in [7, 11) is 0. The quantitative estimate of drug-likeness (QED) is 0.501. The van der Waals surface area contributed by atoms with E-state index in [1.54, 1.807) is 36.4 Å². The Kier molecular flexibility index (Phi) is 6.11. The summed E-state index contributed by atoms with van der Waals surface area (Å²) in [5.41, 5.74) is 12.8. The lowest BCUT2D eigenvalue weighted by molar-refractivity contribution is 0.100. The zero-order valence-corrected chi connectivity index (χ0v) is 13.7. The van der Waals surface area contributed by atoms with Gasteiger partial charge in [-0.05, 0) is 40.5 Å². The van der Waals surface area contributed by atoms with Crippen molar-refractivity contribution < 1.29 is 14.7 Å². The second kappa shape index (κ2) is 8.49. The molecule has 8 nitrogen and oxygen atoms in total. The van der Waals surface area contributed by atoms with E-state index in [0.717, 1.165) is 5.56 Å². The molecule has 1 atom stereocenters. The molecule has 0 fully saturated rings. The second-order valence-corrected chi connectivity index (χ2v) is 4.72. The minimum Gasteiger partial charge on any atom is -0.508 e. The van der Waals surface area contributed by atoms with Gasteiger partial charge >= 0.3 is 0 Å². The van der Waals surface area contributed by atoms with Gasteiger partial charge in [-0.25, -0.2) is 4.99 Å². The molecule has 0 bridgehead atoms. The summed E-state index contributed by atoms with van der Waals surface area (Å²) in [4.78, 5) is 23.6.